The average molecular weight is 312 g/mol. The molecule has 2 amide bonds. The Balaban J connectivity index is 3.11. The first-order valence-electron chi connectivity index (χ1n) is 9.18. The van der Waals surface area contributed by atoms with Crippen LogP contribution in [0.1, 0.15) is 90.9 Å². The number of rotatable bonds is 15. The van der Waals surface area contributed by atoms with Gasteiger partial charge in [-0.25, -0.2) is 0 Å². The van der Waals surface area contributed by atoms with Crippen LogP contribution >= 0.6 is 0 Å². The van der Waals surface area contributed by atoms with Gasteiger partial charge in [0, 0.05) is 13.5 Å². The molecule has 22 heavy (non-hydrogen) atoms. The lowest BCUT2D eigenvalue weighted by Crippen LogP contribution is -2.36. The highest BCUT2D eigenvalue weighted by Gasteiger charge is 2.00. The number of nitrogens with one attached hydrogen (secondary N) is 2. The SMILES string of the molecule is CCCCCCCCCCCCCCNC(=O)CNC(C)=O. The van der Waals surface area contributed by atoms with E-state index in [9.17, 15) is 9.59 Å². The monoisotopic (exact) mass is 312 g/mol. The molecule has 0 aromatic heterocycles. The van der Waals surface area contributed by atoms with Crippen molar-refractivity contribution in [2.45, 2.75) is 90.9 Å². The predicted molar refractivity (Wildman–Crippen MR) is 92.8 cm³/mol. The third-order valence-corrected chi connectivity index (χ3v) is 3.85. The summed E-state index contributed by atoms with van der Waals surface area (Å²) < 4.78 is 0. The van der Waals surface area contributed by atoms with Gasteiger partial charge in [-0.2, -0.15) is 0 Å². The quantitative estimate of drug-likeness (QED) is 0.450. The van der Waals surface area contributed by atoms with E-state index in [2.05, 4.69) is 17.6 Å². The van der Waals surface area contributed by atoms with Crippen LogP contribution in [-0.4, -0.2) is 24.9 Å². The van der Waals surface area contributed by atoms with Crippen LogP contribution in [0.5, 0.6) is 0 Å². The minimum atomic E-state index is -0.166. The van der Waals surface area contributed by atoms with E-state index in [4.69, 9.17) is 0 Å². The molecule has 130 valence electrons. The first-order valence-corrected chi connectivity index (χ1v) is 9.18. The molecule has 0 heterocycles. The average Bonchev–Trinajstić information content (AvgIpc) is 2.49. The molecule has 4 nitrogen and oxygen atoms in total. The van der Waals surface area contributed by atoms with Gasteiger partial charge in [-0.1, -0.05) is 77.6 Å². The molecule has 0 atom stereocenters. The molecule has 0 aliphatic rings. The first-order chi connectivity index (χ1) is 10.7. The molecule has 0 rings (SSSR count). The van der Waals surface area contributed by atoms with Crippen LogP contribution in [0.2, 0.25) is 0 Å². The summed E-state index contributed by atoms with van der Waals surface area (Å²) in [6.07, 6.45) is 15.8. The Morgan fingerprint density at radius 1 is 0.682 bits per heavy atom. The van der Waals surface area contributed by atoms with Crippen molar-refractivity contribution in [3.63, 3.8) is 0 Å². The molecule has 4 heteroatoms. The normalized spacial score (nSPS) is 10.5. The zero-order valence-corrected chi connectivity index (χ0v) is 14.7. The van der Waals surface area contributed by atoms with Gasteiger partial charge in [0.2, 0.25) is 11.8 Å². The number of unbranched alkanes of at least 4 members (excludes halogenated alkanes) is 11. The van der Waals surface area contributed by atoms with E-state index in [1.807, 2.05) is 0 Å². The van der Waals surface area contributed by atoms with Crippen LogP contribution in [0.3, 0.4) is 0 Å². The smallest absolute Gasteiger partial charge is 0.239 e. The molecule has 0 fully saturated rings. The van der Waals surface area contributed by atoms with Crippen LogP contribution in [0, 0.1) is 0 Å². The molecule has 0 aromatic rings. The lowest BCUT2D eigenvalue weighted by atomic mass is 10.1. The molecule has 0 aliphatic heterocycles. The highest BCUT2D eigenvalue weighted by molar-refractivity contribution is 5.83. The molecule has 0 aliphatic carbocycles. The fourth-order valence-corrected chi connectivity index (χ4v) is 2.46. The van der Waals surface area contributed by atoms with Crippen molar-refractivity contribution in [2.75, 3.05) is 13.1 Å². The second kappa shape index (κ2) is 16.3. The molecular weight excluding hydrogens is 276 g/mol. The van der Waals surface area contributed by atoms with Crippen LogP contribution in [0.4, 0.5) is 0 Å². The van der Waals surface area contributed by atoms with E-state index >= 15 is 0 Å². The minimum absolute atomic E-state index is 0.0909. The van der Waals surface area contributed by atoms with Crippen molar-refractivity contribution in [2.24, 2.45) is 0 Å². The van der Waals surface area contributed by atoms with Gasteiger partial charge in [-0.05, 0) is 6.42 Å². The van der Waals surface area contributed by atoms with Gasteiger partial charge in [0.1, 0.15) is 0 Å². The Morgan fingerprint density at radius 2 is 1.14 bits per heavy atom. The summed E-state index contributed by atoms with van der Waals surface area (Å²) >= 11 is 0. The third-order valence-electron chi connectivity index (χ3n) is 3.85. The summed E-state index contributed by atoms with van der Waals surface area (Å²) in [7, 11) is 0. The van der Waals surface area contributed by atoms with Crippen molar-refractivity contribution in [3.8, 4) is 0 Å². The fraction of sp³-hybridized carbons (Fsp3) is 0.889. The van der Waals surface area contributed by atoms with E-state index in [1.165, 1.54) is 77.6 Å². The largest absolute Gasteiger partial charge is 0.355 e. The van der Waals surface area contributed by atoms with Gasteiger partial charge in [0.15, 0.2) is 0 Å². The van der Waals surface area contributed by atoms with Gasteiger partial charge in [0.25, 0.3) is 0 Å². The molecule has 0 saturated heterocycles. The van der Waals surface area contributed by atoms with E-state index in [0.29, 0.717) is 0 Å². The molecule has 0 aromatic carbocycles. The first kappa shape index (κ1) is 20.9. The summed E-state index contributed by atoms with van der Waals surface area (Å²) in [6.45, 7) is 4.48. The maximum Gasteiger partial charge on any atom is 0.239 e. The van der Waals surface area contributed by atoms with Crippen molar-refractivity contribution in [3.05, 3.63) is 0 Å². The minimum Gasteiger partial charge on any atom is -0.355 e. The van der Waals surface area contributed by atoms with Gasteiger partial charge in [-0.3, -0.25) is 9.59 Å². The fourth-order valence-electron chi connectivity index (χ4n) is 2.46. The van der Waals surface area contributed by atoms with Crippen molar-refractivity contribution >= 4 is 11.8 Å². The van der Waals surface area contributed by atoms with Crippen LogP contribution < -0.4 is 10.6 Å². The second-order valence-corrected chi connectivity index (χ2v) is 6.15. The van der Waals surface area contributed by atoms with Crippen LogP contribution in [0.25, 0.3) is 0 Å². The molecule has 2 N–H and O–H groups in total. The molecule has 0 radical (unpaired) electrons. The number of carbonyl (C=O) groups excluding carboxylic acids is 2. The molecular formula is C18H36N2O2. The van der Waals surface area contributed by atoms with Crippen LogP contribution in [0.15, 0.2) is 0 Å². The summed E-state index contributed by atoms with van der Waals surface area (Å²) in [6, 6.07) is 0. The Kier molecular flexibility index (Phi) is 15.5. The van der Waals surface area contributed by atoms with Gasteiger partial charge in [-0.15, -0.1) is 0 Å². The summed E-state index contributed by atoms with van der Waals surface area (Å²) in [5.74, 6) is -0.265. The maximum atomic E-state index is 11.3. The van der Waals surface area contributed by atoms with Crippen molar-refractivity contribution in [1.82, 2.24) is 10.6 Å². The van der Waals surface area contributed by atoms with E-state index in [1.54, 1.807) is 0 Å². The number of hydrogen-bond donors (Lipinski definition) is 2. The molecule has 0 unspecified atom stereocenters. The number of carbonyl (C=O) groups is 2. The highest BCUT2D eigenvalue weighted by Crippen LogP contribution is 2.11. The molecule has 0 saturated carbocycles. The van der Waals surface area contributed by atoms with E-state index < -0.39 is 0 Å². The third kappa shape index (κ3) is 17.0. The summed E-state index contributed by atoms with van der Waals surface area (Å²) in [4.78, 5) is 22.0. The van der Waals surface area contributed by atoms with Crippen molar-refractivity contribution in [1.29, 1.82) is 0 Å². The summed E-state index contributed by atoms with van der Waals surface area (Å²) in [5.41, 5.74) is 0. The Bertz CT molecular complexity index is 280. The standard InChI is InChI=1S/C18H36N2O2/c1-3-4-5-6-7-8-9-10-11-12-13-14-15-19-18(22)16-20-17(2)21/h3-16H2,1-2H3,(H,19,22)(H,20,21). The van der Waals surface area contributed by atoms with Gasteiger partial charge >= 0.3 is 0 Å². The molecule has 0 spiro atoms. The van der Waals surface area contributed by atoms with Crippen molar-refractivity contribution < 1.29 is 9.59 Å². The molecule has 0 bridgehead atoms. The lowest BCUT2D eigenvalue weighted by Gasteiger charge is -2.06. The zero-order chi connectivity index (χ0) is 16.5. The maximum absolute atomic E-state index is 11.3. The van der Waals surface area contributed by atoms with Gasteiger partial charge in [0.05, 0.1) is 6.54 Å². The van der Waals surface area contributed by atoms with Crippen LogP contribution in [-0.2, 0) is 9.59 Å². The Hall–Kier alpha value is -1.06. The number of hydrogen-bond acceptors (Lipinski definition) is 2. The highest BCUT2D eigenvalue weighted by atomic mass is 16.2. The predicted octanol–water partition coefficient (Wildman–Crippen LogP) is 3.94. The Labute approximate surface area is 136 Å². The zero-order valence-electron chi connectivity index (χ0n) is 14.7. The van der Waals surface area contributed by atoms with E-state index in [0.717, 1.165) is 13.0 Å². The number of amides is 2. The topological polar surface area (TPSA) is 58.2 Å². The van der Waals surface area contributed by atoms with Gasteiger partial charge < -0.3 is 10.6 Å². The second-order valence-electron chi connectivity index (χ2n) is 6.15. The lowest BCUT2D eigenvalue weighted by molar-refractivity contribution is -0.125. The summed E-state index contributed by atoms with van der Waals surface area (Å²) in [5, 5.41) is 5.31. The van der Waals surface area contributed by atoms with E-state index in [-0.39, 0.29) is 18.4 Å². The Morgan fingerprint density at radius 3 is 1.59 bits per heavy atom.